The molecule has 1 N–H and O–H groups in total. The molecule has 3 aromatic heterocycles. The Morgan fingerprint density at radius 3 is 2.60 bits per heavy atom. The second-order valence-electron chi connectivity index (χ2n) is 10.2. The molecule has 40 heavy (non-hydrogen) atoms. The predicted octanol–water partition coefficient (Wildman–Crippen LogP) is 5.25. The molecule has 6 rings (SSSR count). The van der Waals surface area contributed by atoms with Gasteiger partial charge in [0.15, 0.2) is 11.3 Å². The van der Waals surface area contributed by atoms with Crippen LogP contribution in [-0.4, -0.2) is 67.4 Å². The summed E-state index contributed by atoms with van der Waals surface area (Å²) in [5.41, 5.74) is 3.15. The van der Waals surface area contributed by atoms with Crippen LogP contribution in [0.4, 0.5) is 0 Å². The van der Waals surface area contributed by atoms with Gasteiger partial charge < -0.3 is 19.1 Å². The number of likely N-dealkylation sites (tertiary alicyclic amines) is 1. The molecule has 0 radical (unpaired) electrons. The molecule has 2 saturated heterocycles. The third-order valence-electron chi connectivity index (χ3n) is 7.42. The average molecular weight is 582 g/mol. The third-order valence-corrected chi connectivity index (χ3v) is 8.01. The molecule has 0 spiro atoms. The van der Waals surface area contributed by atoms with Crippen LogP contribution in [0, 0.1) is 0 Å². The molecule has 0 aliphatic carbocycles. The largest absolute Gasteiger partial charge is 0.477 e. The van der Waals surface area contributed by atoms with E-state index in [0.717, 1.165) is 56.0 Å². The summed E-state index contributed by atoms with van der Waals surface area (Å²) in [5, 5.41) is 10.7. The number of fused-ring (bicyclic) bond motifs is 1. The summed E-state index contributed by atoms with van der Waals surface area (Å²) in [4.78, 5) is 27.8. The molecule has 1 atom stereocenters. The van der Waals surface area contributed by atoms with E-state index in [1.165, 1.54) is 6.07 Å². The highest BCUT2D eigenvalue weighted by molar-refractivity contribution is 6.35. The van der Waals surface area contributed by atoms with E-state index >= 15 is 0 Å². The summed E-state index contributed by atoms with van der Waals surface area (Å²) in [6.45, 7) is 3.71. The van der Waals surface area contributed by atoms with Crippen molar-refractivity contribution in [2.75, 3.05) is 19.7 Å². The van der Waals surface area contributed by atoms with Crippen molar-refractivity contribution in [1.29, 1.82) is 0 Å². The predicted molar refractivity (Wildman–Crippen MR) is 151 cm³/mol. The van der Waals surface area contributed by atoms with E-state index < -0.39 is 5.97 Å². The standard InChI is InChI=1S/C29H29Cl2N5O4/c30-19-5-4-18(23(31)15-19)14-20-2-1-3-27(32-20)40-21-8-11-35(12-9-21)17-26-33-24-6-7-25(29(37)38)34-28(24)36(26)16-22-10-13-39-22/h1-7,15,21-22H,8-14,16-17H2,(H,37,38)/t22-/m0/s1. The fourth-order valence-electron chi connectivity index (χ4n) is 5.15. The highest BCUT2D eigenvalue weighted by Gasteiger charge is 2.26. The van der Waals surface area contributed by atoms with Gasteiger partial charge in [-0.1, -0.05) is 35.3 Å². The van der Waals surface area contributed by atoms with E-state index in [1.807, 2.05) is 34.9 Å². The monoisotopic (exact) mass is 581 g/mol. The molecule has 9 nitrogen and oxygen atoms in total. The molecule has 0 unspecified atom stereocenters. The minimum absolute atomic E-state index is 0.0154. The number of aromatic nitrogens is 4. The van der Waals surface area contributed by atoms with E-state index in [2.05, 4.69) is 9.88 Å². The number of halogens is 2. The van der Waals surface area contributed by atoms with E-state index in [0.29, 0.717) is 46.6 Å². The maximum atomic E-state index is 11.5. The number of piperidine rings is 1. The topological polar surface area (TPSA) is 103 Å². The van der Waals surface area contributed by atoms with Gasteiger partial charge in [-0.25, -0.2) is 19.7 Å². The van der Waals surface area contributed by atoms with Crippen molar-refractivity contribution < 1.29 is 19.4 Å². The van der Waals surface area contributed by atoms with Crippen molar-refractivity contribution in [1.82, 2.24) is 24.4 Å². The van der Waals surface area contributed by atoms with Crippen molar-refractivity contribution in [2.45, 2.75) is 51.0 Å². The van der Waals surface area contributed by atoms with Crippen LogP contribution in [-0.2, 0) is 24.2 Å². The normalized spacial score (nSPS) is 18.1. The van der Waals surface area contributed by atoms with Gasteiger partial charge in [-0.2, -0.15) is 0 Å². The SMILES string of the molecule is O=C(O)c1ccc2nc(CN3CCC(Oc4cccc(Cc5ccc(Cl)cc5Cl)n4)CC3)n(C[C@@H]3CCO3)c2n1. The van der Waals surface area contributed by atoms with Gasteiger partial charge in [0, 0.05) is 47.9 Å². The highest BCUT2D eigenvalue weighted by Crippen LogP contribution is 2.26. The number of aromatic carboxylic acids is 1. The summed E-state index contributed by atoms with van der Waals surface area (Å²) in [5.74, 6) is 0.436. The van der Waals surface area contributed by atoms with Crippen LogP contribution >= 0.6 is 23.2 Å². The summed E-state index contributed by atoms with van der Waals surface area (Å²) >= 11 is 12.4. The van der Waals surface area contributed by atoms with Crippen LogP contribution < -0.4 is 4.74 Å². The number of hydrogen-bond donors (Lipinski definition) is 1. The number of imidazole rings is 1. The maximum Gasteiger partial charge on any atom is 0.354 e. The molecular formula is C29H29Cl2N5O4. The number of carboxylic acid groups (broad SMARTS) is 1. The molecular weight excluding hydrogens is 553 g/mol. The van der Waals surface area contributed by atoms with Crippen molar-refractivity contribution in [2.24, 2.45) is 0 Å². The van der Waals surface area contributed by atoms with Gasteiger partial charge in [-0.15, -0.1) is 0 Å². The fourth-order valence-corrected chi connectivity index (χ4v) is 5.63. The molecule has 0 saturated carbocycles. The lowest BCUT2D eigenvalue weighted by molar-refractivity contribution is -0.0593. The number of hydrogen-bond acceptors (Lipinski definition) is 7. The van der Waals surface area contributed by atoms with Crippen molar-refractivity contribution in [3.8, 4) is 5.88 Å². The first-order chi connectivity index (χ1) is 19.4. The Hall–Kier alpha value is -3.24. The number of rotatable bonds is 9. The Morgan fingerprint density at radius 2 is 1.88 bits per heavy atom. The van der Waals surface area contributed by atoms with Crippen molar-refractivity contribution in [3.63, 3.8) is 0 Å². The molecule has 2 aliphatic heterocycles. The van der Waals surface area contributed by atoms with E-state index in [-0.39, 0.29) is 17.9 Å². The molecule has 1 aromatic carbocycles. The zero-order valence-electron chi connectivity index (χ0n) is 21.8. The van der Waals surface area contributed by atoms with Crippen LogP contribution in [0.15, 0.2) is 48.5 Å². The minimum atomic E-state index is -1.05. The Kier molecular flexibility index (Phi) is 7.89. The summed E-state index contributed by atoms with van der Waals surface area (Å²) in [6, 6.07) is 14.5. The molecule has 2 aliphatic rings. The van der Waals surface area contributed by atoms with Crippen LogP contribution in [0.2, 0.25) is 10.0 Å². The van der Waals surface area contributed by atoms with Gasteiger partial charge in [0.05, 0.1) is 19.2 Å². The number of ether oxygens (including phenoxy) is 2. The number of benzene rings is 1. The Bertz CT molecular complexity index is 1530. The second kappa shape index (κ2) is 11.7. The number of pyridine rings is 2. The molecule has 208 valence electrons. The van der Waals surface area contributed by atoms with Gasteiger partial charge in [0.1, 0.15) is 17.4 Å². The van der Waals surface area contributed by atoms with Gasteiger partial charge in [0.2, 0.25) is 5.88 Å². The molecule has 0 amide bonds. The molecule has 2 fully saturated rings. The van der Waals surface area contributed by atoms with E-state index in [1.54, 1.807) is 12.1 Å². The number of carbonyl (C=O) groups is 1. The van der Waals surface area contributed by atoms with Crippen molar-refractivity contribution >= 4 is 40.3 Å². The first-order valence-electron chi connectivity index (χ1n) is 13.4. The fraction of sp³-hybridized carbons (Fsp3) is 0.379. The zero-order valence-corrected chi connectivity index (χ0v) is 23.3. The first kappa shape index (κ1) is 27.0. The van der Waals surface area contributed by atoms with E-state index in [9.17, 15) is 9.90 Å². The van der Waals surface area contributed by atoms with Crippen LogP contribution in [0.3, 0.4) is 0 Å². The lowest BCUT2D eigenvalue weighted by Gasteiger charge is -2.32. The number of carboxylic acids is 1. The minimum Gasteiger partial charge on any atom is -0.477 e. The summed E-state index contributed by atoms with van der Waals surface area (Å²) in [7, 11) is 0. The molecule has 11 heteroatoms. The Morgan fingerprint density at radius 1 is 1.05 bits per heavy atom. The highest BCUT2D eigenvalue weighted by atomic mass is 35.5. The Balaban J connectivity index is 1.09. The smallest absolute Gasteiger partial charge is 0.354 e. The second-order valence-corrected chi connectivity index (χ2v) is 11.1. The zero-order chi connectivity index (χ0) is 27.6. The van der Waals surface area contributed by atoms with Gasteiger partial charge >= 0.3 is 5.97 Å². The molecule has 4 aromatic rings. The average Bonchev–Trinajstić information content (AvgIpc) is 3.25. The van der Waals surface area contributed by atoms with Crippen molar-refractivity contribution in [3.05, 3.63) is 81.4 Å². The van der Waals surface area contributed by atoms with Crippen LogP contribution in [0.25, 0.3) is 11.2 Å². The third kappa shape index (κ3) is 6.07. The van der Waals surface area contributed by atoms with Gasteiger partial charge in [-0.3, -0.25) is 4.90 Å². The van der Waals surface area contributed by atoms with Crippen LogP contribution in [0.1, 0.15) is 46.8 Å². The Labute approximate surface area is 241 Å². The maximum absolute atomic E-state index is 11.5. The van der Waals surface area contributed by atoms with Crippen LogP contribution in [0.5, 0.6) is 5.88 Å². The van der Waals surface area contributed by atoms with Gasteiger partial charge in [0.25, 0.3) is 0 Å². The number of nitrogens with zero attached hydrogens (tertiary/aromatic N) is 5. The van der Waals surface area contributed by atoms with Gasteiger partial charge in [-0.05, 0) is 55.2 Å². The quantitative estimate of drug-likeness (QED) is 0.286. The van der Waals surface area contributed by atoms with E-state index in [4.69, 9.17) is 42.6 Å². The first-order valence-corrected chi connectivity index (χ1v) is 14.2. The summed E-state index contributed by atoms with van der Waals surface area (Å²) < 4.78 is 14.0. The lowest BCUT2D eigenvalue weighted by Crippen LogP contribution is -2.39. The molecule has 0 bridgehead atoms. The molecule has 5 heterocycles. The summed E-state index contributed by atoms with van der Waals surface area (Å²) in [6.07, 6.45) is 3.47. The lowest BCUT2D eigenvalue weighted by atomic mass is 10.1.